The number of methoxy groups -OCH3 is 2. The predicted octanol–water partition coefficient (Wildman–Crippen LogP) is 2.70. The Hall–Kier alpha value is -4.53. The summed E-state index contributed by atoms with van der Waals surface area (Å²) in [5, 5.41) is 2.78. The maximum Gasteiger partial charge on any atom is 0.254 e. The van der Waals surface area contributed by atoms with Crippen molar-refractivity contribution in [3.8, 4) is 34.0 Å². The topological polar surface area (TPSA) is 108 Å². The van der Waals surface area contributed by atoms with Crippen molar-refractivity contribution in [2.45, 2.75) is 13.1 Å². The highest BCUT2D eigenvalue weighted by Gasteiger charge is 2.09. The van der Waals surface area contributed by atoms with E-state index in [1.54, 1.807) is 32.4 Å². The molecule has 2 aromatic carbocycles. The molecule has 4 rings (SSSR count). The first-order valence-electron chi connectivity index (χ1n) is 10.5. The first-order chi connectivity index (χ1) is 16.6. The van der Waals surface area contributed by atoms with E-state index in [-0.39, 0.29) is 24.6 Å². The second kappa shape index (κ2) is 10.4. The number of amides is 1. The van der Waals surface area contributed by atoms with Crippen molar-refractivity contribution in [3.63, 3.8) is 0 Å². The maximum atomic E-state index is 12.5. The van der Waals surface area contributed by atoms with Crippen LogP contribution in [0.1, 0.15) is 5.69 Å². The van der Waals surface area contributed by atoms with Gasteiger partial charge in [0.2, 0.25) is 5.91 Å². The number of carbonyl (C=O) groups excluding carboxylic acids is 1. The van der Waals surface area contributed by atoms with Crippen molar-refractivity contribution in [2.75, 3.05) is 14.2 Å². The summed E-state index contributed by atoms with van der Waals surface area (Å²) in [6.07, 6.45) is 2.82. The van der Waals surface area contributed by atoms with Crippen LogP contribution in [-0.2, 0) is 17.9 Å². The van der Waals surface area contributed by atoms with E-state index >= 15 is 0 Å². The first kappa shape index (κ1) is 22.7. The van der Waals surface area contributed by atoms with E-state index in [0.29, 0.717) is 17.1 Å². The van der Waals surface area contributed by atoms with Crippen molar-refractivity contribution in [2.24, 2.45) is 0 Å². The third-order valence-corrected chi connectivity index (χ3v) is 5.16. The Morgan fingerprint density at radius 2 is 1.44 bits per heavy atom. The zero-order valence-corrected chi connectivity index (χ0v) is 18.8. The Balaban J connectivity index is 1.38. The second-order valence-electron chi connectivity index (χ2n) is 7.37. The summed E-state index contributed by atoms with van der Waals surface area (Å²) in [5.74, 6) is 1.14. The number of ether oxygens (including phenoxy) is 2. The number of nitrogens with zero attached hydrogens (tertiary/aromatic N) is 4. The Bertz CT molecular complexity index is 1330. The van der Waals surface area contributed by atoms with Crippen molar-refractivity contribution < 1.29 is 14.3 Å². The number of nitrogens with one attached hydrogen (secondary N) is 1. The van der Waals surface area contributed by atoms with Crippen molar-refractivity contribution in [1.82, 2.24) is 24.8 Å². The minimum atomic E-state index is -0.328. The summed E-state index contributed by atoms with van der Waals surface area (Å²) < 4.78 is 11.6. The third kappa shape index (κ3) is 5.44. The van der Waals surface area contributed by atoms with Crippen LogP contribution < -0.4 is 20.3 Å². The molecule has 1 N–H and O–H groups in total. The largest absolute Gasteiger partial charge is 0.497 e. The molecule has 2 heterocycles. The fraction of sp³-hybridized carbons (Fsp3) is 0.160. The number of aromatic nitrogens is 4. The van der Waals surface area contributed by atoms with Crippen LogP contribution in [0.2, 0.25) is 0 Å². The highest BCUT2D eigenvalue weighted by Crippen LogP contribution is 2.21. The molecule has 9 nitrogen and oxygen atoms in total. The summed E-state index contributed by atoms with van der Waals surface area (Å²) in [6.45, 7) is 0.0573. The maximum absolute atomic E-state index is 12.5. The molecule has 0 fully saturated rings. The van der Waals surface area contributed by atoms with Gasteiger partial charge in [-0.05, 0) is 54.6 Å². The van der Waals surface area contributed by atoms with Crippen LogP contribution in [0.4, 0.5) is 0 Å². The molecule has 9 heteroatoms. The Morgan fingerprint density at radius 1 is 0.853 bits per heavy atom. The Labute approximate surface area is 196 Å². The summed E-state index contributed by atoms with van der Waals surface area (Å²) in [5.41, 5.74) is 3.28. The Kier molecular flexibility index (Phi) is 6.92. The quantitative estimate of drug-likeness (QED) is 0.433. The van der Waals surface area contributed by atoms with E-state index in [1.165, 1.54) is 23.3 Å². The Morgan fingerprint density at radius 3 is 2.00 bits per heavy atom. The molecule has 0 aliphatic heterocycles. The number of hydrogen-bond donors (Lipinski definition) is 1. The summed E-state index contributed by atoms with van der Waals surface area (Å²) in [7, 11) is 3.20. The molecule has 0 saturated heterocycles. The second-order valence-corrected chi connectivity index (χ2v) is 7.37. The van der Waals surface area contributed by atoms with Crippen LogP contribution in [0.15, 0.2) is 78.1 Å². The molecule has 0 aliphatic carbocycles. The molecule has 2 aromatic heterocycles. The molecule has 4 aromatic rings. The third-order valence-electron chi connectivity index (χ3n) is 5.16. The zero-order chi connectivity index (χ0) is 23.9. The molecular weight excluding hydrogens is 434 g/mol. The van der Waals surface area contributed by atoms with Crippen molar-refractivity contribution in [3.05, 3.63) is 89.4 Å². The predicted molar refractivity (Wildman–Crippen MR) is 126 cm³/mol. The standard InChI is InChI=1S/C25H23N5O4/c1-33-20-7-3-17(4-8-20)22-11-19(27-15-28-22)13-26-24(31)14-30-16-29-23(12-25(30)32)18-5-9-21(34-2)10-6-18/h3-12,15-16H,13-14H2,1-2H3,(H,26,31). The van der Waals surface area contributed by atoms with E-state index in [9.17, 15) is 9.59 Å². The SMILES string of the molecule is COc1ccc(-c2cc(CNC(=O)Cn3cnc(-c4ccc(OC)cc4)cc3=O)ncn2)cc1. The molecule has 0 spiro atoms. The van der Waals surface area contributed by atoms with Crippen LogP contribution in [0, 0.1) is 0 Å². The number of benzene rings is 2. The number of carbonyl (C=O) groups is 1. The van der Waals surface area contributed by atoms with Gasteiger partial charge < -0.3 is 14.8 Å². The molecule has 0 radical (unpaired) electrons. The first-order valence-corrected chi connectivity index (χ1v) is 10.5. The van der Waals surface area contributed by atoms with Crippen LogP contribution >= 0.6 is 0 Å². The molecule has 34 heavy (non-hydrogen) atoms. The van der Waals surface area contributed by atoms with Gasteiger partial charge in [-0.3, -0.25) is 14.2 Å². The van der Waals surface area contributed by atoms with E-state index in [4.69, 9.17) is 9.47 Å². The molecule has 0 bridgehead atoms. The van der Waals surface area contributed by atoms with Gasteiger partial charge >= 0.3 is 0 Å². The molecule has 1 amide bonds. The monoisotopic (exact) mass is 457 g/mol. The van der Waals surface area contributed by atoms with Crippen LogP contribution in [0.3, 0.4) is 0 Å². The lowest BCUT2D eigenvalue weighted by Crippen LogP contribution is -2.32. The average molecular weight is 457 g/mol. The molecular formula is C25H23N5O4. The van der Waals surface area contributed by atoms with E-state index < -0.39 is 0 Å². The van der Waals surface area contributed by atoms with Gasteiger partial charge in [0.1, 0.15) is 24.4 Å². The summed E-state index contributed by atoms with van der Waals surface area (Å²) in [6, 6.07) is 17.9. The minimum Gasteiger partial charge on any atom is -0.497 e. The highest BCUT2D eigenvalue weighted by molar-refractivity contribution is 5.75. The van der Waals surface area contributed by atoms with Crippen molar-refractivity contribution >= 4 is 5.91 Å². The van der Waals surface area contributed by atoms with Crippen molar-refractivity contribution in [1.29, 1.82) is 0 Å². The zero-order valence-electron chi connectivity index (χ0n) is 18.8. The van der Waals surface area contributed by atoms with E-state index in [0.717, 1.165) is 22.6 Å². The number of rotatable bonds is 8. The fourth-order valence-electron chi connectivity index (χ4n) is 3.28. The van der Waals surface area contributed by atoms with Gasteiger partial charge in [-0.25, -0.2) is 15.0 Å². The normalized spacial score (nSPS) is 10.5. The van der Waals surface area contributed by atoms with Gasteiger partial charge in [-0.1, -0.05) is 0 Å². The lowest BCUT2D eigenvalue weighted by atomic mass is 10.1. The van der Waals surface area contributed by atoms with E-state index in [2.05, 4.69) is 20.3 Å². The van der Waals surface area contributed by atoms with Gasteiger partial charge in [0.25, 0.3) is 5.56 Å². The van der Waals surface area contributed by atoms with Crippen LogP contribution in [-0.4, -0.2) is 39.6 Å². The minimum absolute atomic E-state index is 0.148. The highest BCUT2D eigenvalue weighted by atomic mass is 16.5. The van der Waals surface area contributed by atoms with Crippen LogP contribution in [0.25, 0.3) is 22.5 Å². The molecule has 0 unspecified atom stereocenters. The van der Waals surface area contributed by atoms with Gasteiger partial charge in [0, 0.05) is 17.2 Å². The molecule has 0 aliphatic rings. The molecule has 0 atom stereocenters. The fourth-order valence-corrected chi connectivity index (χ4v) is 3.28. The smallest absolute Gasteiger partial charge is 0.254 e. The van der Waals surface area contributed by atoms with E-state index in [1.807, 2.05) is 36.4 Å². The van der Waals surface area contributed by atoms with Gasteiger partial charge in [0.05, 0.1) is 44.2 Å². The lowest BCUT2D eigenvalue weighted by molar-refractivity contribution is -0.121. The van der Waals surface area contributed by atoms with Gasteiger partial charge in [0.15, 0.2) is 0 Å². The summed E-state index contributed by atoms with van der Waals surface area (Å²) >= 11 is 0. The molecule has 0 saturated carbocycles. The van der Waals surface area contributed by atoms with Crippen LogP contribution in [0.5, 0.6) is 11.5 Å². The summed E-state index contributed by atoms with van der Waals surface area (Å²) in [4.78, 5) is 37.7. The molecule has 172 valence electrons. The average Bonchev–Trinajstić information content (AvgIpc) is 2.89. The lowest BCUT2D eigenvalue weighted by Gasteiger charge is -2.09. The number of hydrogen-bond acceptors (Lipinski definition) is 7. The van der Waals surface area contributed by atoms with Gasteiger partial charge in [-0.15, -0.1) is 0 Å². The van der Waals surface area contributed by atoms with Gasteiger partial charge in [-0.2, -0.15) is 0 Å².